The average Bonchev–Trinajstić information content (AvgIpc) is 2.66. The molecule has 1 aromatic heterocycles. The van der Waals surface area contributed by atoms with Crippen LogP contribution in [0.3, 0.4) is 0 Å². The molecule has 0 bridgehead atoms. The van der Waals surface area contributed by atoms with Crippen LogP contribution in [0.25, 0.3) is 0 Å². The number of nitriles is 1. The fourth-order valence-corrected chi connectivity index (χ4v) is 1.23. The minimum absolute atomic E-state index is 0.0778. The Morgan fingerprint density at radius 1 is 1.56 bits per heavy atom. The number of nitrogens with zero attached hydrogens (tertiary/aromatic N) is 3. The number of ether oxygens (including phenoxy) is 2. The summed E-state index contributed by atoms with van der Waals surface area (Å²) < 4.78 is 10.2. The molecule has 0 spiro atoms. The van der Waals surface area contributed by atoms with Gasteiger partial charge < -0.3 is 15.2 Å². The average molecular weight is 252 g/mol. The van der Waals surface area contributed by atoms with Gasteiger partial charge in [0, 0.05) is 0 Å². The molecular formula is C10H12N4O4. The number of nitrogen functional groups attached to an aromatic ring is 1. The number of aromatic nitrogens is 2. The fourth-order valence-electron chi connectivity index (χ4n) is 1.23. The summed E-state index contributed by atoms with van der Waals surface area (Å²) >= 11 is 0. The maximum absolute atomic E-state index is 11.5. The molecule has 0 radical (unpaired) electrons. The Morgan fingerprint density at radius 2 is 2.22 bits per heavy atom. The van der Waals surface area contributed by atoms with E-state index in [0.29, 0.717) is 0 Å². The highest BCUT2D eigenvalue weighted by molar-refractivity contribution is 5.92. The maximum Gasteiger partial charge on any atom is 0.360 e. The van der Waals surface area contributed by atoms with Crippen molar-refractivity contribution >= 4 is 17.8 Å². The predicted molar refractivity (Wildman–Crippen MR) is 59.3 cm³/mol. The number of rotatable bonds is 4. The van der Waals surface area contributed by atoms with Crippen molar-refractivity contribution in [3.05, 3.63) is 11.3 Å². The van der Waals surface area contributed by atoms with Gasteiger partial charge in [0.2, 0.25) is 0 Å². The van der Waals surface area contributed by atoms with Crippen LogP contribution >= 0.6 is 0 Å². The Kier molecular flexibility index (Phi) is 4.26. The van der Waals surface area contributed by atoms with E-state index in [-0.39, 0.29) is 30.2 Å². The number of hydrogen-bond donors (Lipinski definition) is 1. The smallest absolute Gasteiger partial charge is 0.360 e. The molecule has 2 N–H and O–H groups in total. The second-order valence-corrected chi connectivity index (χ2v) is 3.17. The van der Waals surface area contributed by atoms with Crippen molar-refractivity contribution in [3.8, 4) is 6.07 Å². The quantitative estimate of drug-likeness (QED) is 0.729. The second-order valence-electron chi connectivity index (χ2n) is 3.17. The van der Waals surface area contributed by atoms with Gasteiger partial charge in [0.15, 0.2) is 5.69 Å². The highest BCUT2D eigenvalue weighted by Crippen LogP contribution is 2.16. The summed E-state index contributed by atoms with van der Waals surface area (Å²) in [6.07, 6.45) is 0. The van der Waals surface area contributed by atoms with Gasteiger partial charge in [-0.05, 0) is 6.92 Å². The van der Waals surface area contributed by atoms with Gasteiger partial charge in [-0.2, -0.15) is 10.4 Å². The molecule has 1 rings (SSSR count). The highest BCUT2D eigenvalue weighted by atomic mass is 16.5. The van der Waals surface area contributed by atoms with Crippen LogP contribution in [0.4, 0.5) is 5.82 Å². The molecule has 0 atom stereocenters. The van der Waals surface area contributed by atoms with E-state index in [1.54, 1.807) is 13.0 Å². The highest BCUT2D eigenvalue weighted by Gasteiger charge is 2.23. The lowest BCUT2D eigenvalue weighted by Crippen LogP contribution is -2.15. The largest absolute Gasteiger partial charge is 0.468 e. The number of methoxy groups -OCH3 is 1. The van der Waals surface area contributed by atoms with Crippen LogP contribution < -0.4 is 5.73 Å². The van der Waals surface area contributed by atoms with Gasteiger partial charge in [0.1, 0.15) is 24.0 Å². The fraction of sp³-hybridized carbons (Fsp3) is 0.400. The monoisotopic (exact) mass is 252 g/mol. The van der Waals surface area contributed by atoms with Crippen molar-refractivity contribution in [1.82, 2.24) is 9.78 Å². The number of carbonyl (C=O) groups excluding carboxylic acids is 2. The number of nitrogens with two attached hydrogens (primary N) is 1. The van der Waals surface area contributed by atoms with Gasteiger partial charge in [0.05, 0.1) is 13.7 Å². The van der Waals surface area contributed by atoms with E-state index in [2.05, 4.69) is 9.84 Å². The van der Waals surface area contributed by atoms with Crippen molar-refractivity contribution in [2.24, 2.45) is 0 Å². The molecule has 1 heterocycles. The summed E-state index contributed by atoms with van der Waals surface area (Å²) in [5, 5.41) is 12.7. The topological polar surface area (TPSA) is 120 Å². The van der Waals surface area contributed by atoms with Crippen molar-refractivity contribution in [2.75, 3.05) is 19.5 Å². The number of esters is 2. The molecule has 0 unspecified atom stereocenters. The Hall–Kier alpha value is -2.56. The lowest BCUT2D eigenvalue weighted by atomic mass is 10.2. The molecular weight excluding hydrogens is 240 g/mol. The van der Waals surface area contributed by atoms with Gasteiger partial charge in [-0.25, -0.2) is 9.48 Å². The van der Waals surface area contributed by atoms with E-state index in [9.17, 15) is 9.59 Å². The van der Waals surface area contributed by atoms with Crippen molar-refractivity contribution in [2.45, 2.75) is 13.5 Å². The Balaban J connectivity index is 3.14. The third-order valence-electron chi connectivity index (χ3n) is 2.08. The first kappa shape index (κ1) is 13.5. The third-order valence-corrected chi connectivity index (χ3v) is 2.08. The van der Waals surface area contributed by atoms with Crippen LogP contribution in [0.5, 0.6) is 0 Å². The summed E-state index contributed by atoms with van der Waals surface area (Å²) in [7, 11) is 1.21. The van der Waals surface area contributed by atoms with Crippen LogP contribution in [0.15, 0.2) is 0 Å². The summed E-state index contributed by atoms with van der Waals surface area (Å²) in [5.74, 6) is -1.43. The lowest BCUT2D eigenvalue weighted by molar-refractivity contribution is -0.141. The van der Waals surface area contributed by atoms with E-state index in [4.69, 9.17) is 15.7 Å². The predicted octanol–water partition coefficient (Wildman–Crippen LogP) is -0.313. The van der Waals surface area contributed by atoms with Crippen molar-refractivity contribution in [3.63, 3.8) is 0 Å². The standard InChI is InChI=1S/C10H12N4O4/c1-3-18-10(16)8-6(4-11)9(12)14(13-8)5-7(15)17-2/h3,5,12H2,1-2H3. The SMILES string of the molecule is CCOC(=O)c1nn(CC(=O)OC)c(N)c1C#N. The van der Waals surface area contributed by atoms with Gasteiger partial charge >= 0.3 is 11.9 Å². The van der Waals surface area contributed by atoms with Crippen LogP contribution in [-0.2, 0) is 20.8 Å². The minimum Gasteiger partial charge on any atom is -0.468 e. The molecule has 8 nitrogen and oxygen atoms in total. The molecule has 8 heteroatoms. The van der Waals surface area contributed by atoms with Gasteiger partial charge in [0.25, 0.3) is 0 Å². The number of anilines is 1. The van der Waals surface area contributed by atoms with E-state index in [0.717, 1.165) is 4.68 Å². The zero-order chi connectivity index (χ0) is 13.7. The molecule has 0 saturated carbocycles. The minimum atomic E-state index is -0.760. The van der Waals surface area contributed by atoms with Crippen LogP contribution in [0.2, 0.25) is 0 Å². The molecule has 0 aliphatic carbocycles. The lowest BCUT2D eigenvalue weighted by Gasteiger charge is -2.01. The van der Waals surface area contributed by atoms with Gasteiger partial charge in [-0.15, -0.1) is 0 Å². The number of carbonyl (C=O) groups is 2. The van der Waals surface area contributed by atoms with Gasteiger partial charge in [-0.1, -0.05) is 0 Å². The van der Waals surface area contributed by atoms with E-state index in [1.807, 2.05) is 0 Å². The maximum atomic E-state index is 11.5. The summed E-state index contributed by atoms with van der Waals surface area (Å²) in [5.41, 5.74) is 5.29. The number of hydrogen-bond acceptors (Lipinski definition) is 7. The van der Waals surface area contributed by atoms with Crippen LogP contribution in [0.1, 0.15) is 23.0 Å². The molecule has 0 aliphatic rings. The zero-order valence-corrected chi connectivity index (χ0v) is 9.97. The second kappa shape index (κ2) is 5.67. The molecule has 0 aromatic carbocycles. The van der Waals surface area contributed by atoms with Gasteiger partial charge in [-0.3, -0.25) is 4.79 Å². The Bertz CT molecular complexity index is 515. The normalized spacial score (nSPS) is 9.61. The first-order valence-corrected chi connectivity index (χ1v) is 5.05. The zero-order valence-electron chi connectivity index (χ0n) is 9.97. The first-order valence-electron chi connectivity index (χ1n) is 5.05. The van der Waals surface area contributed by atoms with Crippen molar-refractivity contribution in [1.29, 1.82) is 5.26 Å². The summed E-state index contributed by atoms with van der Waals surface area (Å²) in [4.78, 5) is 22.6. The third kappa shape index (κ3) is 2.57. The summed E-state index contributed by atoms with van der Waals surface area (Å²) in [6, 6.07) is 1.75. The first-order chi connectivity index (χ1) is 8.54. The Morgan fingerprint density at radius 3 is 2.72 bits per heavy atom. The van der Waals surface area contributed by atoms with E-state index >= 15 is 0 Å². The molecule has 0 saturated heterocycles. The molecule has 96 valence electrons. The molecule has 0 amide bonds. The van der Waals surface area contributed by atoms with Crippen molar-refractivity contribution < 1.29 is 19.1 Å². The Labute approximate surface area is 103 Å². The molecule has 18 heavy (non-hydrogen) atoms. The van der Waals surface area contributed by atoms with E-state index in [1.165, 1.54) is 7.11 Å². The molecule has 1 aromatic rings. The van der Waals surface area contributed by atoms with Crippen LogP contribution in [0, 0.1) is 11.3 Å². The van der Waals surface area contributed by atoms with Crippen LogP contribution in [-0.4, -0.2) is 35.4 Å². The molecule has 0 fully saturated rings. The summed E-state index contributed by atoms with van der Waals surface area (Å²) in [6.45, 7) is 1.49. The molecule has 0 aliphatic heterocycles. The van der Waals surface area contributed by atoms with E-state index < -0.39 is 11.9 Å².